The van der Waals surface area contributed by atoms with Gasteiger partial charge in [0.15, 0.2) is 9.84 Å². The number of allylic oxidation sites excluding steroid dienone is 2. The second kappa shape index (κ2) is 14.3. The van der Waals surface area contributed by atoms with Gasteiger partial charge in [-0.25, -0.2) is 8.42 Å². The Morgan fingerprint density at radius 3 is 1.73 bits per heavy atom. The molecule has 0 fully saturated rings. The summed E-state index contributed by atoms with van der Waals surface area (Å²) >= 11 is 0. The number of nitrogens with one attached hydrogen (secondary N) is 2. The van der Waals surface area contributed by atoms with Gasteiger partial charge in [-0.15, -0.1) is 0 Å². The van der Waals surface area contributed by atoms with Crippen molar-refractivity contribution in [2.45, 2.75) is 18.2 Å². The Morgan fingerprint density at radius 2 is 1.25 bits per heavy atom. The lowest BCUT2D eigenvalue weighted by Gasteiger charge is -2.09. The van der Waals surface area contributed by atoms with E-state index in [1.807, 2.05) is 13.0 Å². The van der Waals surface area contributed by atoms with Crippen LogP contribution in [0.15, 0.2) is 127 Å². The monoisotopic (exact) mass is 558 g/mol. The van der Waals surface area contributed by atoms with E-state index in [0.29, 0.717) is 40.8 Å². The number of hydrogen-bond donors (Lipinski definition) is 2. The van der Waals surface area contributed by atoms with E-state index in [0.717, 1.165) is 0 Å². The van der Waals surface area contributed by atoms with Crippen molar-refractivity contribution in [2.24, 2.45) is 0 Å². The van der Waals surface area contributed by atoms with Crippen LogP contribution in [0.3, 0.4) is 0 Å². The van der Waals surface area contributed by atoms with Gasteiger partial charge < -0.3 is 20.1 Å². The molecule has 0 aromatic heterocycles. The highest BCUT2D eigenvalue weighted by Gasteiger charge is 2.13. The number of carbonyl (C=O) groups is 2. The van der Waals surface area contributed by atoms with Gasteiger partial charge in [0.05, 0.1) is 10.6 Å². The van der Waals surface area contributed by atoms with E-state index >= 15 is 0 Å². The lowest BCUT2D eigenvalue weighted by Crippen LogP contribution is -2.07. The molecule has 3 aromatic rings. The van der Waals surface area contributed by atoms with Gasteiger partial charge in [-0.2, -0.15) is 0 Å². The minimum absolute atomic E-state index is 0.158. The zero-order valence-electron chi connectivity index (χ0n) is 22.0. The molecule has 0 aliphatic heterocycles. The van der Waals surface area contributed by atoms with Gasteiger partial charge in [-0.1, -0.05) is 26.2 Å². The largest absolute Gasteiger partial charge is 0.458 e. The van der Waals surface area contributed by atoms with Crippen molar-refractivity contribution in [2.75, 3.05) is 16.4 Å². The topological polar surface area (TPSA) is 111 Å². The summed E-state index contributed by atoms with van der Waals surface area (Å²) in [6, 6.07) is 19.7. The third-order valence-corrected chi connectivity index (χ3v) is 6.89. The Bertz CT molecular complexity index is 1510. The maximum absolute atomic E-state index is 12.9. The summed E-state index contributed by atoms with van der Waals surface area (Å²) in [7, 11) is -3.59. The van der Waals surface area contributed by atoms with Crippen molar-refractivity contribution in [1.29, 1.82) is 0 Å². The zero-order chi connectivity index (χ0) is 29.0. The first-order valence-corrected chi connectivity index (χ1v) is 14.0. The number of anilines is 2. The van der Waals surface area contributed by atoms with Crippen LogP contribution in [0.5, 0.6) is 17.2 Å². The van der Waals surface area contributed by atoms with Crippen LogP contribution < -0.4 is 20.1 Å². The summed E-state index contributed by atoms with van der Waals surface area (Å²) in [4.78, 5) is 23.0. The fraction of sp³-hybridized carbons (Fsp3) is 0.0968. The first-order chi connectivity index (χ1) is 19.2. The normalized spacial score (nSPS) is 11.5. The Kier molecular flexibility index (Phi) is 10.6. The summed E-state index contributed by atoms with van der Waals surface area (Å²) in [5.41, 5.74) is 1.20. The number of sulfone groups is 1. The second-order valence-corrected chi connectivity index (χ2v) is 10.3. The molecule has 0 bridgehead atoms. The maximum atomic E-state index is 12.9. The minimum atomic E-state index is -3.59. The molecular formula is C31H30N2O6S. The quantitative estimate of drug-likeness (QED) is 0.142. The van der Waals surface area contributed by atoms with Crippen LogP contribution in [0.4, 0.5) is 11.4 Å². The van der Waals surface area contributed by atoms with Gasteiger partial charge in [0.1, 0.15) is 23.0 Å². The molecule has 0 aliphatic rings. The number of amides is 2. The highest BCUT2D eigenvalue weighted by Crippen LogP contribution is 2.25. The summed E-state index contributed by atoms with van der Waals surface area (Å²) < 4.78 is 37.4. The molecule has 3 aromatic carbocycles. The molecule has 8 nitrogen and oxygen atoms in total. The fourth-order valence-corrected chi connectivity index (χ4v) is 4.41. The highest BCUT2D eigenvalue weighted by molar-refractivity contribution is 7.91. The lowest BCUT2D eigenvalue weighted by atomic mass is 10.3. The standard InChI is InChI=1S/C31H30N2O6S/c1-4-8-25(38-26-14-10-23(11-15-26)32-30(34)5-2)9-7-22-40(36,37)29-20-18-28(19-21-29)39-27-16-12-24(13-17-27)33-31(35)6-3/h5-21H,2-4,22H2,1H3,(H,32,34)(H,33,35)/b9-7-,25-8+. The summed E-state index contributed by atoms with van der Waals surface area (Å²) in [5, 5.41) is 5.30. The Balaban J connectivity index is 1.59. The zero-order valence-corrected chi connectivity index (χ0v) is 22.8. The first kappa shape index (κ1) is 29.7. The molecule has 0 unspecified atom stereocenters. The van der Waals surface area contributed by atoms with Crippen LogP contribution in [0.25, 0.3) is 0 Å². The van der Waals surface area contributed by atoms with Gasteiger partial charge in [-0.05, 0) is 104 Å². The van der Waals surface area contributed by atoms with E-state index in [2.05, 4.69) is 23.8 Å². The summed E-state index contributed by atoms with van der Waals surface area (Å²) in [6.07, 6.45) is 8.04. The number of hydrogen-bond acceptors (Lipinski definition) is 6. The molecule has 0 heterocycles. The molecule has 3 rings (SSSR count). The number of carbonyl (C=O) groups excluding carboxylic acids is 2. The van der Waals surface area contributed by atoms with Crippen LogP contribution in [0.1, 0.15) is 13.3 Å². The van der Waals surface area contributed by atoms with Crippen LogP contribution in [-0.4, -0.2) is 26.0 Å². The van der Waals surface area contributed by atoms with Crippen LogP contribution >= 0.6 is 0 Å². The third kappa shape index (κ3) is 9.14. The molecule has 0 aliphatic carbocycles. The van der Waals surface area contributed by atoms with Crippen molar-refractivity contribution in [3.63, 3.8) is 0 Å². The van der Waals surface area contributed by atoms with Crippen LogP contribution in [0, 0.1) is 0 Å². The molecule has 206 valence electrons. The molecule has 2 N–H and O–H groups in total. The predicted molar refractivity (Wildman–Crippen MR) is 157 cm³/mol. The van der Waals surface area contributed by atoms with E-state index in [4.69, 9.17) is 9.47 Å². The Labute approximate surface area is 234 Å². The molecule has 0 radical (unpaired) electrons. The second-order valence-electron chi connectivity index (χ2n) is 8.31. The lowest BCUT2D eigenvalue weighted by molar-refractivity contribution is -0.112. The van der Waals surface area contributed by atoms with Gasteiger partial charge in [-0.3, -0.25) is 9.59 Å². The van der Waals surface area contributed by atoms with Crippen molar-refractivity contribution in [3.05, 3.63) is 122 Å². The van der Waals surface area contributed by atoms with E-state index in [9.17, 15) is 18.0 Å². The molecule has 9 heteroatoms. The van der Waals surface area contributed by atoms with Gasteiger partial charge in [0.2, 0.25) is 11.8 Å². The molecule has 0 saturated carbocycles. The summed E-state index contributed by atoms with van der Waals surface area (Å²) in [6.45, 7) is 8.77. The van der Waals surface area contributed by atoms with Crippen molar-refractivity contribution in [1.82, 2.24) is 0 Å². The fourth-order valence-electron chi connectivity index (χ4n) is 3.32. The Morgan fingerprint density at radius 1 is 0.775 bits per heavy atom. The van der Waals surface area contributed by atoms with E-state index in [1.54, 1.807) is 66.7 Å². The third-order valence-electron chi connectivity index (χ3n) is 5.27. The molecule has 2 amide bonds. The van der Waals surface area contributed by atoms with E-state index < -0.39 is 9.84 Å². The number of rotatable bonds is 13. The van der Waals surface area contributed by atoms with Gasteiger partial charge in [0, 0.05) is 11.4 Å². The van der Waals surface area contributed by atoms with Crippen LogP contribution in [-0.2, 0) is 19.4 Å². The number of benzene rings is 3. The van der Waals surface area contributed by atoms with E-state index in [1.165, 1.54) is 30.4 Å². The number of ether oxygens (including phenoxy) is 2. The molecular weight excluding hydrogens is 528 g/mol. The van der Waals surface area contributed by atoms with Crippen molar-refractivity contribution in [3.8, 4) is 17.2 Å². The first-order valence-electron chi connectivity index (χ1n) is 12.3. The molecule has 0 spiro atoms. The molecule has 0 saturated heterocycles. The van der Waals surface area contributed by atoms with Gasteiger partial charge in [0.25, 0.3) is 0 Å². The predicted octanol–water partition coefficient (Wildman–Crippen LogP) is 6.43. The van der Waals surface area contributed by atoms with Crippen molar-refractivity contribution >= 4 is 33.0 Å². The van der Waals surface area contributed by atoms with E-state index in [-0.39, 0.29) is 22.5 Å². The summed E-state index contributed by atoms with van der Waals surface area (Å²) in [5.74, 6) is 1.19. The molecule has 40 heavy (non-hydrogen) atoms. The average Bonchev–Trinajstić information content (AvgIpc) is 2.95. The Hall–Kier alpha value is -4.89. The smallest absolute Gasteiger partial charge is 0.247 e. The molecule has 0 atom stereocenters. The van der Waals surface area contributed by atoms with Gasteiger partial charge >= 0.3 is 0 Å². The maximum Gasteiger partial charge on any atom is 0.247 e. The van der Waals surface area contributed by atoms with Crippen LogP contribution in [0.2, 0.25) is 0 Å². The highest BCUT2D eigenvalue weighted by atomic mass is 32.2. The average molecular weight is 559 g/mol. The van der Waals surface area contributed by atoms with Crippen molar-refractivity contribution < 1.29 is 27.5 Å². The minimum Gasteiger partial charge on any atom is -0.458 e. The SMILES string of the molecule is C=CC(=O)Nc1ccc(OC(/C=C\CS(=O)(=O)c2ccc(Oc3ccc(NC(=O)C=C)cc3)cc2)=C/CC)cc1.